The van der Waals surface area contributed by atoms with E-state index in [1.54, 1.807) is 0 Å². The molecule has 1 aliphatic heterocycles. The second-order valence-electron chi connectivity index (χ2n) is 4.35. The molecule has 0 N–H and O–H groups in total. The van der Waals surface area contributed by atoms with E-state index in [-0.39, 0.29) is 0 Å². The first-order valence-corrected chi connectivity index (χ1v) is 5.77. The van der Waals surface area contributed by atoms with Crippen LogP contribution in [0.15, 0.2) is 0 Å². The summed E-state index contributed by atoms with van der Waals surface area (Å²) >= 11 is 0. The summed E-state index contributed by atoms with van der Waals surface area (Å²) in [5, 5.41) is 0. The van der Waals surface area contributed by atoms with Crippen molar-refractivity contribution in [2.24, 2.45) is 5.92 Å². The third kappa shape index (κ3) is 9.97. The van der Waals surface area contributed by atoms with Gasteiger partial charge in [0, 0.05) is 12.6 Å². The van der Waals surface area contributed by atoms with Crippen molar-refractivity contribution >= 4 is 0 Å². The lowest BCUT2D eigenvalue weighted by Gasteiger charge is -2.11. The Morgan fingerprint density at radius 3 is 1.64 bits per heavy atom. The highest BCUT2D eigenvalue weighted by atomic mass is 19.1. The molecule has 2 heteroatoms. The van der Waals surface area contributed by atoms with E-state index in [1.165, 1.54) is 0 Å². The van der Waals surface area contributed by atoms with Gasteiger partial charge < -0.3 is 4.90 Å². The van der Waals surface area contributed by atoms with Gasteiger partial charge in [-0.25, -0.2) is 4.39 Å². The summed E-state index contributed by atoms with van der Waals surface area (Å²) in [6.07, 6.45) is 0.145. The van der Waals surface area contributed by atoms with E-state index in [1.807, 2.05) is 25.8 Å². The molecule has 2 atom stereocenters. The lowest BCUT2D eigenvalue weighted by Crippen LogP contribution is -2.21. The van der Waals surface area contributed by atoms with Crippen LogP contribution in [0.25, 0.3) is 0 Å². The molecule has 1 saturated heterocycles. The van der Waals surface area contributed by atoms with Gasteiger partial charge in [0.05, 0.1) is 0 Å². The quantitative estimate of drug-likeness (QED) is 0.582. The fourth-order valence-electron chi connectivity index (χ4n) is 1.12. The van der Waals surface area contributed by atoms with Gasteiger partial charge in [-0.1, -0.05) is 34.6 Å². The van der Waals surface area contributed by atoms with Crippen LogP contribution in [0.3, 0.4) is 0 Å². The molecule has 1 fully saturated rings. The average molecular weight is 205 g/mol. The van der Waals surface area contributed by atoms with E-state index in [0.717, 1.165) is 12.3 Å². The molecule has 0 saturated carbocycles. The van der Waals surface area contributed by atoms with Gasteiger partial charge in [0.1, 0.15) is 6.17 Å². The van der Waals surface area contributed by atoms with Crippen LogP contribution < -0.4 is 0 Å². The van der Waals surface area contributed by atoms with Crippen molar-refractivity contribution in [2.75, 3.05) is 13.6 Å². The number of halogens is 1. The summed E-state index contributed by atoms with van der Waals surface area (Å²) in [7, 11) is 1.96. The predicted molar refractivity (Wildman–Crippen MR) is 63.5 cm³/mol. The molecule has 2 unspecified atom stereocenters. The highest BCUT2D eigenvalue weighted by Crippen LogP contribution is 2.16. The standard InChI is InChI=1S/C6H12FN.C4H10.C2H6/c1-5-3-6(7)4-8(5)2;1-4(2)3;1-2/h5-6H,3-4H2,1-2H3;4H,1-3H3;1-2H3. The molecule has 0 aromatic heterocycles. The van der Waals surface area contributed by atoms with Gasteiger partial charge >= 0.3 is 0 Å². The number of hydrogen-bond acceptors (Lipinski definition) is 1. The Morgan fingerprint density at radius 1 is 1.21 bits per heavy atom. The van der Waals surface area contributed by atoms with Crippen molar-refractivity contribution in [2.45, 2.75) is 60.2 Å². The van der Waals surface area contributed by atoms with Crippen LogP contribution in [-0.2, 0) is 0 Å². The normalized spacial score (nSPS) is 26.4. The first-order chi connectivity index (χ1) is 6.43. The number of rotatable bonds is 0. The van der Waals surface area contributed by atoms with Gasteiger partial charge in [0.25, 0.3) is 0 Å². The van der Waals surface area contributed by atoms with Crippen LogP contribution in [-0.4, -0.2) is 30.7 Å². The highest BCUT2D eigenvalue weighted by molar-refractivity contribution is 4.79. The van der Waals surface area contributed by atoms with Crippen LogP contribution in [0.1, 0.15) is 48.0 Å². The van der Waals surface area contributed by atoms with Gasteiger partial charge in [-0.15, -0.1) is 0 Å². The predicted octanol–water partition coefficient (Wildman–Crippen LogP) is 3.74. The monoisotopic (exact) mass is 205 g/mol. The first kappa shape index (κ1) is 16.3. The van der Waals surface area contributed by atoms with Crippen LogP contribution in [0.2, 0.25) is 0 Å². The summed E-state index contributed by atoms with van der Waals surface area (Å²) in [4.78, 5) is 2.05. The second-order valence-corrected chi connectivity index (χ2v) is 4.35. The molecule has 1 nitrogen and oxygen atoms in total. The van der Waals surface area contributed by atoms with Crippen LogP contribution in [0.4, 0.5) is 4.39 Å². The molecule has 0 aliphatic carbocycles. The third-order valence-electron chi connectivity index (χ3n) is 1.84. The van der Waals surface area contributed by atoms with Gasteiger partial charge in [0.2, 0.25) is 0 Å². The topological polar surface area (TPSA) is 3.24 Å². The molecule has 0 aromatic rings. The van der Waals surface area contributed by atoms with E-state index in [0.29, 0.717) is 12.6 Å². The molecular formula is C12H28FN. The van der Waals surface area contributed by atoms with Crippen molar-refractivity contribution in [1.29, 1.82) is 0 Å². The van der Waals surface area contributed by atoms with Crippen molar-refractivity contribution in [3.8, 4) is 0 Å². The highest BCUT2D eigenvalue weighted by Gasteiger charge is 2.24. The Balaban J connectivity index is 0. The summed E-state index contributed by atoms with van der Waals surface area (Å²) in [5.74, 6) is 0.833. The smallest absolute Gasteiger partial charge is 0.114 e. The second kappa shape index (κ2) is 9.45. The van der Waals surface area contributed by atoms with Gasteiger partial charge in [-0.2, -0.15) is 0 Å². The maximum Gasteiger partial charge on any atom is 0.114 e. The summed E-state index contributed by atoms with van der Waals surface area (Å²) < 4.78 is 12.4. The summed E-state index contributed by atoms with van der Waals surface area (Å²) in [6.45, 7) is 13.2. The first-order valence-electron chi connectivity index (χ1n) is 5.77. The lowest BCUT2D eigenvalue weighted by atomic mass is 10.2. The fourth-order valence-corrected chi connectivity index (χ4v) is 1.12. The van der Waals surface area contributed by atoms with Crippen molar-refractivity contribution in [3.05, 3.63) is 0 Å². The molecule has 0 spiro atoms. The molecule has 1 aliphatic rings. The lowest BCUT2D eigenvalue weighted by molar-refractivity contribution is 0.303. The minimum atomic E-state index is -0.574. The minimum Gasteiger partial charge on any atom is -0.301 e. The van der Waals surface area contributed by atoms with Gasteiger partial charge in [0.15, 0.2) is 0 Å². The molecule has 0 aromatic carbocycles. The van der Waals surface area contributed by atoms with E-state index in [2.05, 4.69) is 27.7 Å². The van der Waals surface area contributed by atoms with Crippen LogP contribution in [0, 0.1) is 5.92 Å². The molecular weight excluding hydrogens is 177 g/mol. The third-order valence-corrected chi connectivity index (χ3v) is 1.84. The van der Waals surface area contributed by atoms with E-state index < -0.39 is 6.17 Å². The molecule has 88 valence electrons. The maximum absolute atomic E-state index is 12.4. The molecule has 0 amide bonds. The molecule has 1 rings (SSSR count). The number of nitrogens with zero attached hydrogens (tertiary/aromatic N) is 1. The zero-order valence-corrected chi connectivity index (χ0v) is 11.0. The Morgan fingerprint density at radius 2 is 1.57 bits per heavy atom. The maximum atomic E-state index is 12.4. The number of hydrogen-bond donors (Lipinski definition) is 0. The Kier molecular flexibility index (Phi) is 11.0. The molecule has 14 heavy (non-hydrogen) atoms. The van der Waals surface area contributed by atoms with Gasteiger partial charge in [-0.3, -0.25) is 0 Å². The van der Waals surface area contributed by atoms with Crippen molar-refractivity contribution in [3.63, 3.8) is 0 Å². The van der Waals surface area contributed by atoms with E-state index in [4.69, 9.17) is 0 Å². The summed E-state index contributed by atoms with van der Waals surface area (Å²) in [6, 6.07) is 0.449. The number of alkyl halides is 1. The van der Waals surface area contributed by atoms with Crippen molar-refractivity contribution < 1.29 is 4.39 Å². The van der Waals surface area contributed by atoms with Crippen molar-refractivity contribution in [1.82, 2.24) is 4.90 Å². The van der Waals surface area contributed by atoms with Crippen LogP contribution in [0.5, 0.6) is 0 Å². The van der Waals surface area contributed by atoms with Crippen LogP contribution >= 0.6 is 0 Å². The Labute approximate surface area is 89.7 Å². The Hall–Kier alpha value is -0.110. The molecule has 1 heterocycles. The Bertz CT molecular complexity index is 102. The van der Waals surface area contributed by atoms with E-state index in [9.17, 15) is 4.39 Å². The molecule has 0 radical (unpaired) electrons. The largest absolute Gasteiger partial charge is 0.301 e. The zero-order chi connectivity index (χ0) is 11.7. The SMILES string of the molecule is CC.CC(C)C.CC1CC(F)CN1C. The molecule has 0 bridgehead atoms. The fraction of sp³-hybridized carbons (Fsp3) is 1.00. The zero-order valence-electron chi connectivity index (χ0n) is 11.0. The van der Waals surface area contributed by atoms with Gasteiger partial charge in [-0.05, 0) is 26.3 Å². The van der Waals surface area contributed by atoms with E-state index >= 15 is 0 Å². The average Bonchev–Trinajstić information content (AvgIpc) is 2.32. The number of likely N-dealkylation sites (tertiary alicyclic amines) is 1. The minimum absolute atomic E-state index is 0.449. The summed E-state index contributed by atoms with van der Waals surface area (Å²) in [5.41, 5.74) is 0.